The fourth-order valence-electron chi connectivity index (χ4n) is 1.28. The van der Waals surface area contributed by atoms with Crippen LogP contribution in [-0.2, 0) is 0 Å². The van der Waals surface area contributed by atoms with Gasteiger partial charge in [0, 0.05) is 11.9 Å². The van der Waals surface area contributed by atoms with Crippen LogP contribution in [0, 0.1) is 5.92 Å². The summed E-state index contributed by atoms with van der Waals surface area (Å²) in [5.41, 5.74) is 0. The quantitative estimate of drug-likeness (QED) is 0.665. The molecule has 1 aromatic carbocycles. The highest BCUT2D eigenvalue weighted by molar-refractivity contribution is 6.42. The Bertz CT molecular complexity index is 328. The second-order valence-electron chi connectivity index (χ2n) is 3.80. The summed E-state index contributed by atoms with van der Waals surface area (Å²) in [6.45, 7) is 2.84. The van der Waals surface area contributed by atoms with Crippen molar-refractivity contribution < 1.29 is 4.74 Å². The molecule has 1 aromatic rings. The summed E-state index contributed by atoms with van der Waals surface area (Å²) in [7, 11) is 0. The largest absolute Gasteiger partial charge is 0.494 e. The minimum atomic E-state index is 0.521. The van der Waals surface area contributed by atoms with Crippen LogP contribution in [0.4, 0.5) is 0 Å². The molecule has 90 valence electrons. The lowest BCUT2D eigenvalue weighted by atomic mass is 10.1. The lowest BCUT2D eigenvalue weighted by Gasteiger charge is -2.11. The van der Waals surface area contributed by atoms with E-state index in [0.717, 1.165) is 18.6 Å². The van der Waals surface area contributed by atoms with Crippen LogP contribution in [-0.4, -0.2) is 12.5 Å². The second kappa shape index (κ2) is 7.26. The predicted octanol–water partition coefficient (Wildman–Crippen LogP) is 5.03. The summed E-state index contributed by atoms with van der Waals surface area (Å²) in [4.78, 5) is 0. The van der Waals surface area contributed by atoms with Gasteiger partial charge in [0.05, 0.1) is 16.7 Å². The zero-order valence-corrected chi connectivity index (χ0v) is 11.4. The monoisotopic (exact) mass is 280 g/mol. The molecule has 0 aliphatic heterocycles. The molecule has 1 atom stereocenters. The molecule has 16 heavy (non-hydrogen) atoms. The molecule has 1 unspecified atom stereocenters. The second-order valence-corrected chi connectivity index (χ2v) is 4.99. The van der Waals surface area contributed by atoms with E-state index in [-0.39, 0.29) is 0 Å². The van der Waals surface area contributed by atoms with E-state index in [2.05, 4.69) is 6.92 Å². The maximum Gasteiger partial charge on any atom is 0.120 e. The van der Waals surface area contributed by atoms with Gasteiger partial charge in [0.2, 0.25) is 0 Å². The third-order valence-electron chi connectivity index (χ3n) is 2.37. The van der Waals surface area contributed by atoms with Crippen molar-refractivity contribution in [1.29, 1.82) is 0 Å². The summed E-state index contributed by atoms with van der Waals surface area (Å²) in [6, 6.07) is 5.29. The van der Waals surface area contributed by atoms with E-state index in [9.17, 15) is 0 Å². The van der Waals surface area contributed by atoms with Gasteiger partial charge in [-0.25, -0.2) is 0 Å². The summed E-state index contributed by atoms with van der Waals surface area (Å²) in [5, 5.41) is 1.07. The molecule has 4 heteroatoms. The van der Waals surface area contributed by atoms with Gasteiger partial charge in [0.1, 0.15) is 5.75 Å². The van der Waals surface area contributed by atoms with Gasteiger partial charge in [0.25, 0.3) is 0 Å². The zero-order chi connectivity index (χ0) is 12.0. The molecule has 0 radical (unpaired) electrons. The van der Waals surface area contributed by atoms with Crippen molar-refractivity contribution in [3.8, 4) is 5.75 Å². The average molecular weight is 282 g/mol. The third kappa shape index (κ3) is 4.82. The van der Waals surface area contributed by atoms with Crippen LogP contribution in [0.15, 0.2) is 18.2 Å². The SMILES string of the molecule is CC(CCCl)CCOc1ccc(Cl)c(Cl)c1. The Kier molecular flexibility index (Phi) is 6.33. The number of halogens is 3. The van der Waals surface area contributed by atoms with Gasteiger partial charge in [-0.2, -0.15) is 0 Å². The fourth-order valence-corrected chi connectivity index (χ4v) is 1.94. The van der Waals surface area contributed by atoms with E-state index in [1.165, 1.54) is 0 Å². The fraction of sp³-hybridized carbons (Fsp3) is 0.500. The van der Waals surface area contributed by atoms with Gasteiger partial charge in [-0.1, -0.05) is 30.1 Å². The molecule has 0 saturated carbocycles. The first-order valence-electron chi connectivity index (χ1n) is 5.27. The Labute approximate surface area is 112 Å². The molecule has 0 fully saturated rings. The van der Waals surface area contributed by atoms with Crippen molar-refractivity contribution in [1.82, 2.24) is 0 Å². The molecule has 1 nitrogen and oxygen atoms in total. The first-order valence-corrected chi connectivity index (χ1v) is 6.56. The molecule has 0 spiro atoms. The zero-order valence-electron chi connectivity index (χ0n) is 9.18. The Balaban J connectivity index is 2.34. The average Bonchev–Trinajstić information content (AvgIpc) is 2.24. The first-order chi connectivity index (χ1) is 7.63. The Morgan fingerprint density at radius 2 is 1.94 bits per heavy atom. The number of hydrogen-bond acceptors (Lipinski definition) is 1. The molecular weight excluding hydrogens is 266 g/mol. The van der Waals surface area contributed by atoms with Gasteiger partial charge in [-0.05, 0) is 30.9 Å². The van der Waals surface area contributed by atoms with Crippen LogP contribution in [0.1, 0.15) is 19.8 Å². The van der Waals surface area contributed by atoms with Crippen molar-refractivity contribution in [3.05, 3.63) is 28.2 Å². The normalized spacial score (nSPS) is 12.5. The maximum absolute atomic E-state index is 5.88. The molecule has 0 aromatic heterocycles. The Hall–Kier alpha value is -0.110. The summed E-state index contributed by atoms with van der Waals surface area (Å²) in [5.74, 6) is 2.04. The van der Waals surface area contributed by atoms with Crippen LogP contribution in [0.5, 0.6) is 5.75 Å². The van der Waals surface area contributed by atoms with E-state index in [0.29, 0.717) is 28.5 Å². The van der Waals surface area contributed by atoms with Crippen molar-refractivity contribution in [2.45, 2.75) is 19.8 Å². The summed E-state index contributed by atoms with van der Waals surface area (Å²) in [6.07, 6.45) is 2.01. The first kappa shape index (κ1) is 14.0. The van der Waals surface area contributed by atoms with Gasteiger partial charge >= 0.3 is 0 Å². The van der Waals surface area contributed by atoms with Crippen LogP contribution in [0.2, 0.25) is 10.0 Å². The van der Waals surface area contributed by atoms with E-state index in [4.69, 9.17) is 39.5 Å². The summed E-state index contributed by atoms with van der Waals surface area (Å²) < 4.78 is 5.57. The highest BCUT2D eigenvalue weighted by atomic mass is 35.5. The minimum Gasteiger partial charge on any atom is -0.494 e. The standard InChI is InChI=1S/C12H15Cl3O/c1-9(4-6-13)5-7-16-10-2-3-11(14)12(15)8-10/h2-3,8-9H,4-7H2,1H3. The molecule has 0 aliphatic carbocycles. The van der Waals surface area contributed by atoms with E-state index < -0.39 is 0 Å². The van der Waals surface area contributed by atoms with Crippen molar-refractivity contribution in [3.63, 3.8) is 0 Å². The third-order valence-corrected chi connectivity index (χ3v) is 3.33. The number of ether oxygens (including phenoxy) is 1. The van der Waals surface area contributed by atoms with Crippen LogP contribution < -0.4 is 4.74 Å². The Morgan fingerprint density at radius 1 is 1.19 bits per heavy atom. The number of benzene rings is 1. The lowest BCUT2D eigenvalue weighted by Crippen LogP contribution is -2.04. The smallest absolute Gasteiger partial charge is 0.120 e. The van der Waals surface area contributed by atoms with Crippen molar-refractivity contribution in [2.24, 2.45) is 5.92 Å². The summed E-state index contributed by atoms with van der Waals surface area (Å²) >= 11 is 17.3. The number of hydrogen-bond donors (Lipinski definition) is 0. The van der Waals surface area contributed by atoms with E-state index >= 15 is 0 Å². The van der Waals surface area contributed by atoms with Gasteiger partial charge in [-0.15, -0.1) is 11.6 Å². The molecule has 0 bridgehead atoms. The molecule has 0 amide bonds. The lowest BCUT2D eigenvalue weighted by molar-refractivity contribution is 0.282. The highest BCUT2D eigenvalue weighted by Crippen LogP contribution is 2.26. The van der Waals surface area contributed by atoms with Gasteiger partial charge in [0.15, 0.2) is 0 Å². The van der Waals surface area contributed by atoms with E-state index in [1.807, 2.05) is 6.07 Å². The molecular formula is C12H15Cl3O. The number of alkyl halides is 1. The molecule has 1 rings (SSSR count). The molecule has 0 N–H and O–H groups in total. The predicted molar refractivity (Wildman–Crippen MR) is 71.1 cm³/mol. The minimum absolute atomic E-state index is 0.521. The maximum atomic E-state index is 5.88. The highest BCUT2D eigenvalue weighted by Gasteiger charge is 2.03. The van der Waals surface area contributed by atoms with Crippen LogP contribution in [0.3, 0.4) is 0 Å². The number of rotatable bonds is 6. The molecule has 0 heterocycles. The van der Waals surface area contributed by atoms with Crippen molar-refractivity contribution >= 4 is 34.8 Å². The van der Waals surface area contributed by atoms with Crippen molar-refractivity contribution in [2.75, 3.05) is 12.5 Å². The van der Waals surface area contributed by atoms with E-state index in [1.54, 1.807) is 12.1 Å². The van der Waals surface area contributed by atoms with Crippen LogP contribution in [0.25, 0.3) is 0 Å². The molecule has 0 saturated heterocycles. The molecule has 0 aliphatic rings. The van der Waals surface area contributed by atoms with Gasteiger partial charge in [-0.3, -0.25) is 0 Å². The van der Waals surface area contributed by atoms with Crippen LogP contribution >= 0.6 is 34.8 Å². The topological polar surface area (TPSA) is 9.23 Å². The Morgan fingerprint density at radius 3 is 2.56 bits per heavy atom. The van der Waals surface area contributed by atoms with Gasteiger partial charge < -0.3 is 4.74 Å².